The number of nitrogens with zero attached hydrogens (tertiary/aromatic N) is 7. The van der Waals surface area contributed by atoms with Crippen LogP contribution in [0.5, 0.6) is 0 Å². The molecule has 0 radical (unpaired) electrons. The highest BCUT2D eigenvalue weighted by Gasteiger charge is 2.17. The molecule has 3 heterocycles. The lowest BCUT2D eigenvalue weighted by Gasteiger charge is -2.32. The van der Waals surface area contributed by atoms with Gasteiger partial charge in [-0.1, -0.05) is 12.1 Å². The van der Waals surface area contributed by atoms with Crippen molar-refractivity contribution in [3.8, 4) is 22.5 Å². The summed E-state index contributed by atoms with van der Waals surface area (Å²) in [5, 5.41) is 28.4. The van der Waals surface area contributed by atoms with E-state index in [1.807, 2.05) is 18.3 Å². The molecule has 4 aromatic rings. The van der Waals surface area contributed by atoms with E-state index in [0.29, 0.717) is 29.4 Å². The van der Waals surface area contributed by atoms with Gasteiger partial charge in [-0.15, -0.1) is 0 Å². The monoisotopic (exact) mass is 514 g/mol. The third-order valence-electron chi connectivity index (χ3n) is 6.56. The lowest BCUT2D eigenvalue weighted by Crippen LogP contribution is -2.43. The van der Waals surface area contributed by atoms with Gasteiger partial charge in [-0.2, -0.15) is 5.10 Å². The van der Waals surface area contributed by atoms with Crippen LogP contribution in [-0.4, -0.2) is 79.4 Å². The number of aromatic nitrogens is 4. The van der Waals surface area contributed by atoms with Gasteiger partial charge in [0.1, 0.15) is 5.69 Å². The molecule has 0 aliphatic carbocycles. The van der Waals surface area contributed by atoms with E-state index in [2.05, 4.69) is 44.4 Å². The van der Waals surface area contributed by atoms with Crippen molar-refractivity contribution >= 4 is 17.3 Å². The Morgan fingerprint density at radius 2 is 1.87 bits per heavy atom. The third kappa shape index (κ3) is 6.02. The Balaban J connectivity index is 1.38. The van der Waals surface area contributed by atoms with E-state index in [9.17, 15) is 15.2 Å². The molecular weight excluding hydrogens is 484 g/mol. The second-order valence-corrected chi connectivity index (χ2v) is 9.35. The van der Waals surface area contributed by atoms with Crippen molar-refractivity contribution in [3.05, 3.63) is 82.7 Å². The molecule has 11 nitrogen and oxygen atoms in total. The molecule has 38 heavy (non-hydrogen) atoms. The van der Waals surface area contributed by atoms with E-state index in [1.165, 1.54) is 17.7 Å². The summed E-state index contributed by atoms with van der Waals surface area (Å²) in [6.45, 7) is 5.41. The first-order valence-electron chi connectivity index (χ1n) is 12.5. The number of nitro groups is 1. The summed E-state index contributed by atoms with van der Waals surface area (Å²) in [4.78, 5) is 24.6. The minimum absolute atomic E-state index is 0.00784. The lowest BCUT2D eigenvalue weighted by molar-refractivity contribution is -0.384. The average Bonchev–Trinajstić information content (AvgIpc) is 3.35. The van der Waals surface area contributed by atoms with Crippen molar-refractivity contribution in [1.29, 1.82) is 0 Å². The molecule has 0 unspecified atom stereocenters. The molecule has 0 amide bonds. The normalized spacial score (nSPS) is 14.5. The Hall–Kier alpha value is -4.19. The Kier molecular flexibility index (Phi) is 7.68. The summed E-state index contributed by atoms with van der Waals surface area (Å²) in [6.07, 6.45) is 3.50. The molecule has 2 aromatic heterocycles. The zero-order chi connectivity index (χ0) is 26.5. The first kappa shape index (κ1) is 25.5. The van der Waals surface area contributed by atoms with Crippen LogP contribution in [0.4, 0.5) is 17.3 Å². The highest BCUT2D eigenvalue weighted by Crippen LogP contribution is 2.31. The topological polar surface area (TPSA) is 125 Å². The SMILES string of the molecule is CN1CCN(Cc2cccc(Nc3nccc(-c4cn(CCO)nc4-c4ccc([N+](=O)[O-])cc4)n3)c2)CC1. The summed E-state index contributed by atoms with van der Waals surface area (Å²) in [5.74, 6) is 0.448. The number of piperazine rings is 1. The number of hydrogen-bond acceptors (Lipinski definition) is 9. The summed E-state index contributed by atoms with van der Waals surface area (Å²) in [5.41, 5.74) is 4.85. The maximum absolute atomic E-state index is 11.1. The number of benzene rings is 2. The van der Waals surface area contributed by atoms with Crippen LogP contribution in [0.1, 0.15) is 5.56 Å². The van der Waals surface area contributed by atoms with Crippen LogP contribution in [0.3, 0.4) is 0 Å². The molecule has 1 saturated heterocycles. The predicted octanol–water partition coefficient (Wildman–Crippen LogP) is 3.40. The van der Waals surface area contributed by atoms with Crippen molar-refractivity contribution in [2.75, 3.05) is 45.2 Å². The van der Waals surface area contributed by atoms with Crippen LogP contribution in [-0.2, 0) is 13.1 Å². The first-order chi connectivity index (χ1) is 18.5. The van der Waals surface area contributed by atoms with Gasteiger partial charge in [-0.25, -0.2) is 9.97 Å². The van der Waals surface area contributed by atoms with Gasteiger partial charge in [-0.3, -0.25) is 19.7 Å². The summed E-state index contributed by atoms with van der Waals surface area (Å²) >= 11 is 0. The molecule has 2 N–H and O–H groups in total. The summed E-state index contributed by atoms with van der Waals surface area (Å²) < 4.78 is 1.64. The minimum atomic E-state index is -0.433. The smallest absolute Gasteiger partial charge is 0.269 e. The van der Waals surface area contributed by atoms with Gasteiger partial charge in [0.2, 0.25) is 5.95 Å². The summed E-state index contributed by atoms with van der Waals surface area (Å²) in [7, 11) is 2.16. The third-order valence-corrected chi connectivity index (χ3v) is 6.56. The molecule has 11 heteroatoms. The number of hydrogen-bond donors (Lipinski definition) is 2. The predicted molar refractivity (Wildman–Crippen MR) is 145 cm³/mol. The number of anilines is 2. The van der Waals surface area contributed by atoms with Crippen LogP contribution < -0.4 is 5.32 Å². The number of aliphatic hydroxyl groups is 1. The van der Waals surface area contributed by atoms with Crippen molar-refractivity contribution in [3.63, 3.8) is 0 Å². The molecular formula is C27H30N8O3. The fourth-order valence-electron chi connectivity index (χ4n) is 4.49. The van der Waals surface area contributed by atoms with Gasteiger partial charge in [0, 0.05) is 74.1 Å². The molecule has 1 aliphatic heterocycles. The number of nitro benzene ring substituents is 1. The molecule has 2 aromatic carbocycles. The largest absolute Gasteiger partial charge is 0.394 e. The van der Waals surface area contributed by atoms with Crippen molar-refractivity contribution in [2.45, 2.75) is 13.1 Å². The molecule has 0 spiro atoms. The van der Waals surface area contributed by atoms with E-state index in [1.54, 1.807) is 29.1 Å². The molecule has 196 valence electrons. The molecule has 1 fully saturated rings. The van der Waals surface area contributed by atoms with Gasteiger partial charge in [0.05, 0.1) is 23.8 Å². The second-order valence-electron chi connectivity index (χ2n) is 9.35. The Labute approximate surface area is 220 Å². The standard InChI is InChI=1S/C27H30N8O3/c1-32-11-13-33(14-12-32)18-20-3-2-4-22(17-20)29-27-28-10-9-25(30-27)24-19-34(15-16-36)31-26(24)21-5-7-23(8-6-21)35(37)38/h2-10,17,19,36H,11-16,18H2,1H3,(H,28,29,30). The number of rotatable bonds is 9. The van der Waals surface area contributed by atoms with Gasteiger partial charge in [0.25, 0.3) is 5.69 Å². The van der Waals surface area contributed by atoms with Crippen LogP contribution in [0.25, 0.3) is 22.5 Å². The zero-order valence-electron chi connectivity index (χ0n) is 21.2. The van der Waals surface area contributed by atoms with E-state index >= 15 is 0 Å². The number of likely N-dealkylation sites (N-methyl/N-ethyl adjacent to an activating group) is 1. The molecule has 0 saturated carbocycles. The fourth-order valence-corrected chi connectivity index (χ4v) is 4.49. The maximum atomic E-state index is 11.1. The Morgan fingerprint density at radius 3 is 2.61 bits per heavy atom. The average molecular weight is 515 g/mol. The highest BCUT2D eigenvalue weighted by molar-refractivity contribution is 5.79. The van der Waals surface area contributed by atoms with Gasteiger partial charge in [-0.05, 0) is 42.9 Å². The highest BCUT2D eigenvalue weighted by atomic mass is 16.6. The van der Waals surface area contributed by atoms with Gasteiger partial charge in [0.15, 0.2) is 0 Å². The van der Waals surface area contributed by atoms with E-state index < -0.39 is 4.92 Å². The molecule has 1 aliphatic rings. The van der Waals surface area contributed by atoms with E-state index in [0.717, 1.165) is 44.0 Å². The number of nitrogens with one attached hydrogen (secondary N) is 1. The van der Waals surface area contributed by atoms with Gasteiger partial charge < -0.3 is 15.3 Å². The molecule has 5 rings (SSSR count). The number of aliphatic hydroxyl groups excluding tert-OH is 1. The van der Waals surface area contributed by atoms with Crippen LogP contribution in [0, 0.1) is 10.1 Å². The van der Waals surface area contributed by atoms with E-state index in [4.69, 9.17) is 4.98 Å². The van der Waals surface area contributed by atoms with Gasteiger partial charge >= 0.3 is 0 Å². The van der Waals surface area contributed by atoms with Crippen molar-refractivity contribution in [2.24, 2.45) is 0 Å². The lowest BCUT2D eigenvalue weighted by atomic mass is 10.1. The van der Waals surface area contributed by atoms with E-state index in [-0.39, 0.29) is 12.3 Å². The Morgan fingerprint density at radius 1 is 1.08 bits per heavy atom. The van der Waals surface area contributed by atoms with Crippen LogP contribution in [0.2, 0.25) is 0 Å². The maximum Gasteiger partial charge on any atom is 0.269 e. The quantitative estimate of drug-likeness (QED) is 0.255. The van der Waals surface area contributed by atoms with Crippen molar-refractivity contribution in [1.82, 2.24) is 29.5 Å². The minimum Gasteiger partial charge on any atom is -0.394 e. The molecule has 0 atom stereocenters. The fraction of sp³-hybridized carbons (Fsp3) is 0.296. The zero-order valence-corrected chi connectivity index (χ0v) is 21.2. The van der Waals surface area contributed by atoms with Crippen LogP contribution in [0.15, 0.2) is 67.0 Å². The van der Waals surface area contributed by atoms with Crippen LogP contribution >= 0.6 is 0 Å². The second kappa shape index (κ2) is 11.5. The Bertz CT molecular complexity index is 1400. The summed E-state index contributed by atoms with van der Waals surface area (Å²) in [6, 6.07) is 16.3. The molecule has 0 bridgehead atoms. The first-order valence-corrected chi connectivity index (χ1v) is 12.5. The number of non-ortho nitro benzene ring substituents is 1. The van der Waals surface area contributed by atoms with Crippen molar-refractivity contribution < 1.29 is 10.0 Å².